The molecule has 1 aromatic heterocycles. The first-order valence-corrected chi connectivity index (χ1v) is 9.47. The third-order valence-corrected chi connectivity index (χ3v) is 5.61. The molecule has 0 radical (unpaired) electrons. The summed E-state index contributed by atoms with van der Waals surface area (Å²) in [7, 11) is 1.60. The van der Waals surface area contributed by atoms with Gasteiger partial charge in [-0.2, -0.15) is 0 Å². The molecule has 6 nitrogen and oxygen atoms in total. The average molecular weight is 367 g/mol. The van der Waals surface area contributed by atoms with E-state index < -0.39 is 6.09 Å². The molecule has 142 valence electrons. The summed E-state index contributed by atoms with van der Waals surface area (Å²) in [5, 5.41) is 2.84. The van der Waals surface area contributed by atoms with E-state index >= 15 is 0 Å². The van der Waals surface area contributed by atoms with Crippen LogP contribution in [0.5, 0.6) is 5.75 Å². The van der Waals surface area contributed by atoms with Gasteiger partial charge in [-0.3, -0.25) is 15.2 Å². The largest absolute Gasteiger partial charge is 0.497 e. The highest BCUT2D eigenvalue weighted by atomic mass is 16.6. The number of anilines is 1. The number of hydrogen-bond donors (Lipinski definition) is 1. The van der Waals surface area contributed by atoms with Crippen LogP contribution in [0.15, 0.2) is 48.8 Å². The molecule has 0 unspecified atom stereocenters. The second-order valence-corrected chi connectivity index (χ2v) is 7.23. The summed E-state index contributed by atoms with van der Waals surface area (Å²) < 4.78 is 11.1. The van der Waals surface area contributed by atoms with E-state index in [0.29, 0.717) is 17.4 Å². The van der Waals surface area contributed by atoms with E-state index in [9.17, 15) is 4.79 Å². The molecule has 3 fully saturated rings. The zero-order chi connectivity index (χ0) is 18.6. The van der Waals surface area contributed by atoms with Gasteiger partial charge in [-0.1, -0.05) is 12.1 Å². The summed E-state index contributed by atoms with van der Waals surface area (Å²) in [6.07, 6.45) is 6.20. The monoisotopic (exact) mass is 367 g/mol. The van der Waals surface area contributed by atoms with Gasteiger partial charge >= 0.3 is 6.09 Å². The van der Waals surface area contributed by atoms with Gasteiger partial charge in [0.05, 0.1) is 13.2 Å². The van der Waals surface area contributed by atoms with Crippen LogP contribution in [0.4, 0.5) is 10.5 Å². The van der Waals surface area contributed by atoms with Gasteiger partial charge in [-0.15, -0.1) is 0 Å². The lowest BCUT2D eigenvalue weighted by molar-refractivity contribution is -0.0741. The van der Waals surface area contributed by atoms with Crippen molar-refractivity contribution in [2.75, 3.05) is 25.5 Å². The Hall–Kier alpha value is -2.60. The first-order valence-electron chi connectivity index (χ1n) is 9.47. The van der Waals surface area contributed by atoms with E-state index in [4.69, 9.17) is 9.47 Å². The molecule has 0 saturated carbocycles. The van der Waals surface area contributed by atoms with Crippen molar-refractivity contribution in [3.63, 3.8) is 0 Å². The maximum atomic E-state index is 12.5. The average Bonchev–Trinajstić information content (AvgIpc) is 2.71. The lowest BCUT2D eigenvalue weighted by atomic mass is 9.78. The maximum absolute atomic E-state index is 12.5. The maximum Gasteiger partial charge on any atom is 0.411 e. The Morgan fingerprint density at radius 2 is 2.11 bits per heavy atom. The van der Waals surface area contributed by atoms with Crippen molar-refractivity contribution in [1.29, 1.82) is 0 Å². The van der Waals surface area contributed by atoms with Crippen molar-refractivity contribution >= 4 is 11.8 Å². The molecule has 2 atom stereocenters. The van der Waals surface area contributed by atoms with Crippen molar-refractivity contribution < 1.29 is 14.3 Å². The van der Waals surface area contributed by atoms with Crippen LogP contribution in [-0.2, 0) is 11.2 Å². The van der Waals surface area contributed by atoms with Gasteiger partial charge in [0.2, 0.25) is 0 Å². The topological polar surface area (TPSA) is 63.7 Å². The fraction of sp³-hybridized carbons (Fsp3) is 0.429. The minimum Gasteiger partial charge on any atom is -0.497 e. The number of aromatic nitrogens is 1. The predicted molar refractivity (Wildman–Crippen MR) is 103 cm³/mol. The highest BCUT2D eigenvalue weighted by Crippen LogP contribution is 2.36. The molecular formula is C21H25N3O3. The van der Waals surface area contributed by atoms with E-state index in [1.165, 1.54) is 5.56 Å². The fourth-order valence-corrected chi connectivity index (χ4v) is 4.25. The number of nitrogens with zero attached hydrogens (tertiary/aromatic N) is 2. The SMILES string of the molecule is COc1cccc(NC(=O)O[C@@H]2C3CCN(CC3)[C@H]2Cc2cccnc2)c1. The molecule has 1 amide bonds. The van der Waals surface area contributed by atoms with Crippen LogP contribution in [0, 0.1) is 5.92 Å². The van der Waals surface area contributed by atoms with Crippen LogP contribution in [0.2, 0.25) is 0 Å². The number of pyridine rings is 1. The van der Waals surface area contributed by atoms with Crippen LogP contribution < -0.4 is 10.1 Å². The van der Waals surface area contributed by atoms with E-state index in [2.05, 4.69) is 21.3 Å². The highest BCUT2D eigenvalue weighted by molar-refractivity contribution is 5.85. The molecule has 3 aliphatic rings. The summed E-state index contributed by atoms with van der Waals surface area (Å²) in [6.45, 7) is 2.15. The Morgan fingerprint density at radius 1 is 1.26 bits per heavy atom. The van der Waals surface area contributed by atoms with E-state index in [1.807, 2.05) is 30.5 Å². The molecule has 27 heavy (non-hydrogen) atoms. The van der Waals surface area contributed by atoms with Crippen molar-refractivity contribution in [3.8, 4) is 5.75 Å². The van der Waals surface area contributed by atoms with Crippen molar-refractivity contribution in [1.82, 2.24) is 9.88 Å². The zero-order valence-corrected chi connectivity index (χ0v) is 15.5. The summed E-state index contributed by atoms with van der Waals surface area (Å²) >= 11 is 0. The number of rotatable bonds is 5. The second kappa shape index (κ2) is 7.96. The second-order valence-electron chi connectivity index (χ2n) is 7.23. The molecule has 0 aliphatic carbocycles. The molecule has 2 bridgehead atoms. The number of nitrogens with one attached hydrogen (secondary N) is 1. The van der Waals surface area contributed by atoms with Gasteiger partial charge in [0.15, 0.2) is 0 Å². The Bertz CT molecular complexity index is 775. The minimum atomic E-state index is -0.404. The van der Waals surface area contributed by atoms with E-state index in [0.717, 1.165) is 32.4 Å². The van der Waals surface area contributed by atoms with Crippen molar-refractivity contribution in [3.05, 3.63) is 54.4 Å². The molecule has 6 heteroatoms. The Labute approximate surface area is 159 Å². The summed E-state index contributed by atoms with van der Waals surface area (Å²) in [5.41, 5.74) is 1.85. The first kappa shape index (κ1) is 17.8. The highest BCUT2D eigenvalue weighted by Gasteiger charge is 2.44. The van der Waals surface area contributed by atoms with Gasteiger partial charge in [0.1, 0.15) is 11.9 Å². The van der Waals surface area contributed by atoms with Crippen LogP contribution in [0.1, 0.15) is 18.4 Å². The first-order chi connectivity index (χ1) is 13.2. The number of methoxy groups -OCH3 is 1. The summed E-state index contributed by atoms with van der Waals surface area (Å²) in [4.78, 5) is 19.2. The summed E-state index contributed by atoms with van der Waals surface area (Å²) in [6, 6.07) is 11.5. The van der Waals surface area contributed by atoms with Gasteiger partial charge in [-0.05, 0) is 56.1 Å². The van der Waals surface area contributed by atoms with Crippen LogP contribution >= 0.6 is 0 Å². The Balaban J connectivity index is 1.45. The molecule has 3 aliphatic heterocycles. The molecule has 1 N–H and O–H groups in total. The van der Waals surface area contributed by atoms with Crippen LogP contribution in [-0.4, -0.2) is 48.3 Å². The molecular weight excluding hydrogens is 342 g/mol. The van der Waals surface area contributed by atoms with Gasteiger partial charge < -0.3 is 9.47 Å². The number of amides is 1. The number of carbonyl (C=O) groups excluding carboxylic acids is 1. The molecule has 3 saturated heterocycles. The molecule has 5 rings (SSSR count). The van der Waals surface area contributed by atoms with Gasteiger partial charge in [-0.25, -0.2) is 4.79 Å². The van der Waals surface area contributed by atoms with E-state index in [1.54, 1.807) is 19.4 Å². The number of benzene rings is 1. The number of carbonyl (C=O) groups is 1. The summed E-state index contributed by atoms with van der Waals surface area (Å²) in [5.74, 6) is 1.12. The normalized spacial score (nSPS) is 26.4. The number of piperidine rings is 3. The third kappa shape index (κ3) is 4.06. The van der Waals surface area contributed by atoms with Crippen molar-refractivity contribution in [2.24, 2.45) is 5.92 Å². The fourth-order valence-electron chi connectivity index (χ4n) is 4.25. The Morgan fingerprint density at radius 3 is 2.85 bits per heavy atom. The van der Waals surface area contributed by atoms with Gasteiger partial charge in [0, 0.05) is 30.1 Å². The molecule has 0 spiro atoms. The molecule has 1 aromatic carbocycles. The lowest BCUT2D eigenvalue weighted by Gasteiger charge is -2.50. The number of fused-ring (bicyclic) bond motifs is 3. The Kier molecular flexibility index (Phi) is 5.25. The minimum absolute atomic E-state index is 0.0988. The lowest BCUT2D eigenvalue weighted by Crippen LogP contribution is -2.60. The van der Waals surface area contributed by atoms with Crippen LogP contribution in [0.3, 0.4) is 0 Å². The van der Waals surface area contributed by atoms with Gasteiger partial charge in [0.25, 0.3) is 0 Å². The zero-order valence-electron chi connectivity index (χ0n) is 15.5. The smallest absolute Gasteiger partial charge is 0.411 e. The van der Waals surface area contributed by atoms with Crippen molar-refractivity contribution in [2.45, 2.75) is 31.4 Å². The predicted octanol–water partition coefficient (Wildman–Crippen LogP) is 3.34. The number of hydrogen-bond acceptors (Lipinski definition) is 5. The molecule has 2 aromatic rings. The third-order valence-electron chi connectivity index (χ3n) is 5.61. The number of ether oxygens (including phenoxy) is 2. The molecule has 4 heterocycles. The van der Waals surface area contributed by atoms with Crippen LogP contribution in [0.25, 0.3) is 0 Å². The standard InChI is InChI=1S/C21H25N3O3/c1-26-18-6-2-5-17(13-18)23-21(25)27-20-16-7-10-24(11-8-16)19(20)12-15-4-3-9-22-14-15/h2-6,9,13-14,16,19-20H,7-8,10-12H2,1H3,(H,23,25)/t19-,20+/m0/s1. The van der Waals surface area contributed by atoms with E-state index in [-0.39, 0.29) is 12.1 Å². The quantitative estimate of drug-likeness (QED) is 0.878.